The first kappa shape index (κ1) is 11.4. The molecule has 0 bridgehead atoms. The summed E-state index contributed by atoms with van der Waals surface area (Å²) in [6.45, 7) is 2.55. The van der Waals surface area contributed by atoms with Crippen molar-refractivity contribution in [3.05, 3.63) is 0 Å². The Morgan fingerprint density at radius 3 is 2.73 bits per heavy atom. The fourth-order valence-electron chi connectivity index (χ4n) is 2.65. The molecule has 2 rings (SSSR count). The Balaban J connectivity index is 1.71. The lowest BCUT2D eigenvalue weighted by Gasteiger charge is -2.26. The summed E-state index contributed by atoms with van der Waals surface area (Å²) in [5.74, 6) is 0. The highest BCUT2D eigenvalue weighted by molar-refractivity contribution is 4.87. The highest BCUT2D eigenvalue weighted by Crippen LogP contribution is 2.28. The summed E-state index contributed by atoms with van der Waals surface area (Å²) in [4.78, 5) is 0. The second kappa shape index (κ2) is 5.28. The summed E-state index contributed by atoms with van der Waals surface area (Å²) in [5.41, 5.74) is -0.410. The summed E-state index contributed by atoms with van der Waals surface area (Å²) in [7, 11) is 0. The summed E-state index contributed by atoms with van der Waals surface area (Å²) < 4.78 is 5.42. The Morgan fingerprint density at radius 1 is 1.13 bits per heavy atom. The molecule has 0 spiro atoms. The second-order valence-corrected chi connectivity index (χ2v) is 5.05. The van der Waals surface area contributed by atoms with Gasteiger partial charge < -0.3 is 15.2 Å². The summed E-state index contributed by atoms with van der Waals surface area (Å²) in [6.07, 6.45) is 7.76. The van der Waals surface area contributed by atoms with E-state index in [1.807, 2.05) is 0 Å². The van der Waals surface area contributed by atoms with E-state index in [1.54, 1.807) is 0 Å². The molecule has 2 fully saturated rings. The standard InChI is InChI=1S/C12H23NO2/c14-12(6-1-2-7-12)10-13-11-4-3-8-15-9-5-11/h11,13-14H,1-10H2. The van der Waals surface area contributed by atoms with E-state index in [0.717, 1.165) is 45.4 Å². The van der Waals surface area contributed by atoms with Gasteiger partial charge in [0.25, 0.3) is 0 Å². The van der Waals surface area contributed by atoms with Crippen LogP contribution in [-0.2, 0) is 4.74 Å². The van der Waals surface area contributed by atoms with E-state index in [9.17, 15) is 5.11 Å². The molecular formula is C12H23NO2. The fraction of sp³-hybridized carbons (Fsp3) is 1.00. The van der Waals surface area contributed by atoms with E-state index in [4.69, 9.17) is 4.74 Å². The van der Waals surface area contributed by atoms with Gasteiger partial charge in [-0.2, -0.15) is 0 Å². The third kappa shape index (κ3) is 3.44. The van der Waals surface area contributed by atoms with Gasteiger partial charge in [-0.3, -0.25) is 0 Å². The number of rotatable bonds is 3. The third-order valence-corrected chi connectivity index (χ3v) is 3.71. The molecule has 0 aromatic carbocycles. The van der Waals surface area contributed by atoms with Crippen LogP contribution in [0.4, 0.5) is 0 Å². The number of hydrogen-bond acceptors (Lipinski definition) is 3. The summed E-state index contributed by atoms with van der Waals surface area (Å²) in [5, 5.41) is 13.7. The maximum atomic E-state index is 10.2. The van der Waals surface area contributed by atoms with Crippen LogP contribution in [0.3, 0.4) is 0 Å². The molecule has 3 nitrogen and oxygen atoms in total. The average Bonchev–Trinajstić information content (AvgIpc) is 2.53. The minimum absolute atomic E-state index is 0.410. The van der Waals surface area contributed by atoms with Crippen LogP contribution in [0.1, 0.15) is 44.9 Å². The van der Waals surface area contributed by atoms with Crippen LogP contribution < -0.4 is 5.32 Å². The molecule has 1 unspecified atom stereocenters. The molecule has 1 atom stereocenters. The van der Waals surface area contributed by atoms with Gasteiger partial charge >= 0.3 is 0 Å². The quantitative estimate of drug-likeness (QED) is 0.745. The molecule has 1 aliphatic carbocycles. The van der Waals surface area contributed by atoms with Crippen LogP contribution in [0.5, 0.6) is 0 Å². The van der Waals surface area contributed by atoms with Crippen LogP contribution in [0.25, 0.3) is 0 Å². The normalized spacial score (nSPS) is 31.4. The molecule has 88 valence electrons. The van der Waals surface area contributed by atoms with E-state index in [2.05, 4.69) is 5.32 Å². The first-order valence-electron chi connectivity index (χ1n) is 6.32. The van der Waals surface area contributed by atoms with E-state index in [1.165, 1.54) is 19.3 Å². The van der Waals surface area contributed by atoms with Gasteiger partial charge in [0.05, 0.1) is 5.60 Å². The van der Waals surface area contributed by atoms with Gasteiger partial charge in [0.1, 0.15) is 0 Å². The largest absolute Gasteiger partial charge is 0.389 e. The number of ether oxygens (including phenoxy) is 1. The van der Waals surface area contributed by atoms with E-state index >= 15 is 0 Å². The van der Waals surface area contributed by atoms with Crippen LogP contribution in [-0.4, -0.2) is 36.5 Å². The maximum Gasteiger partial charge on any atom is 0.0771 e. The SMILES string of the molecule is OC1(CNC2CCCOCC2)CCCC1. The predicted octanol–water partition coefficient (Wildman–Crippen LogP) is 1.45. The molecule has 3 heteroatoms. The highest BCUT2D eigenvalue weighted by Gasteiger charge is 2.31. The molecule has 0 radical (unpaired) electrons. The van der Waals surface area contributed by atoms with Gasteiger partial charge in [-0.25, -0.2) is 0 Å². The topological polar surface area (TPSA) is 41.5 Å². The zero-order chi connectivity index (χ0) is 10.6. The van der Waals surface area contributed by atoms with Crippen molar-refractivity contribution in [2.75, 3.05) is 19.8 Å². The summed E-state index contributed by atoms with van der Waals surface area (Å²) in [6, 6.07) is 0.553. The Hall–Kier alpha value is -0.120. The van der Waals surface area contributed by atoms with Gasteiger partial charge in [-0.1, -0.05) is 12.8 Å². The van der Waals surface area contributed by atoms with Gasteiger partial charge in [-0.15, -0.1) is 0 Å². The van der Waals surface area contributed by atoms with Crippen LogP contribution in [0.15, 0.2) is 0 Å². The van der Waals surface area contributed by atoms with Crippen molar-refractivity contribution in [2.24, 2.45) is 0 Å². The first-order chi connectivity index (χ1) is 7.29. The molecule has 1 saturated heterocycles. The molecule has 0 aromatic heterocycles. The number of nitrogens with one attached hydrogen (secondary N) is 1. The molecule has 15 heavy (non-hydrogen) atoms. The molecule has 1 saturated carbocycles. The third-order valence-electron chi connectivity index (χ3n) is 3.71. The summed E-state index contributed by atoms with van der Waals surface area (Å²) >= 11 is 0. The van der Waals surface area contributed by atoms with E-state index in [0.29, 0.717) is 6.04 Å². The minimum atomic E-state index is -0.410. The Bertz CT molecular complexity index is 182. The molecule has 1 aliphatic heterocycles. The van der Waals surface area contributed by atoms with E-state index < -0.39 is 5.60 Å². The average molecular weight is 213 g/mol. The maximum absolute atomic E-state index is 10.2. The molecule has 0 amide bonds. The number of hydrogen-bond donors (Lipinski definition) is 2. The Labute approximate surface area is 92.2 Å². The molecule has 1 heterocycles. The molecule has 2 N–H and O–H groups in total. The van der Waals surface area contributed by atoms with Crippen LogP contribution in [0.2, 0.25) is 0 Å². The van der Waals surface area contributed by atoms with Crippen molar-refractivity contribution in [1.29, 1.82) is 0 Å². The van der Waals surface area contributed by atoms with Crippen molar-refractivity contribution in [2.45, 2.75) is 56.6 Å². The lowest BCUT2D eigenvalue weighted by atomic mass is 10.0. The van der Waals surface area contributed by atoms with Gasteiger partial charge in [0, 0.05) is 25.8 Å². The Kier molecular flexibility index (Phi) is 4.00. The van der Waals surface area contributed by atoms with Gasteiger partial charge in [0.2, 0.25) is 0 Å². The highest BCUT2D eigenvalue weighted by atomic mass is 16.5. The lowest BCUT2D eigenvalue weighted by Crippen LogP contribution is -2.42. The monoisotopic (exact) mass is 213 g/mol. The fourth-order valence-corrected chi connectivity index (χ4v) is 2.65. The van der Waals surface area contributed by atoms with E-state index in [-0.39, 0.29) is 0 Å². The van der Waals surface area contributed by atoms with Crippen molar-refractivity contribution >= 4 is 0 Å². The molecular weight excluding hydrogens is 190 g/mol. The van der Waals surface area contributed by atoms with Crippen molar-refractivity contribution in [3.63, 3.8) is 0 Å². The number of aliphatic hydroxyl groups is 1. The minimum Gasteiger partial charge on any atom is -0.389 e. The zero-order valence-corrected chi connectivity index (χ0v) is 9.50. The lowest BCUT2D eigenvalue weighted by molar-refractivity contribution is 0.0439. The zero-order valence-electron chi connectivity index (χ0n) is 9.50. The van der Waals surface area contributed by atoms with Gasteiger partial charge in [0.15, 0.2) is 0 Å². The van der Waals surface area contributed by atoms with Crippen LogP contribution >= 0.6 is 0 Å². The predicted molar refractivity (Wildman–Crippen MR) is 59.9 cm³/mol. The van der Waals surface area contributed by atoms with Crippen molar-refractivity contribution in [1.82, 2.24) is 5.32 Å². The first-order valence-corrected chi connectivity index (χ1v) is 6.32. The molecule has 2 aliphatic rings. The second-order valence-electron chi connectivity index (χ2n) is 5.05. The smallest absolute Gasteiger partial charge is 0.0771 e. The van der Waals surface area contributed by atoms with Crippen LogP contribution in [0, 0.1) is 0 Å². The van der Waals surface area contributed by atoms with Gasteiger partial charge in [-0.05, 0) is 32.1 Å². The Morgan fingerprint density at radius 2 is 1.93 bits per heavy atom. The molecule has 0 aromatic rings. The van der Waals surface area contributed by atoms with Crippen molar-refractivity contribution < 1.29 is 9.84 Å². The van der Waals surface area contributed by atoms with Crippen molar-refractivity contribution in [3.8, 4) is 0 Å².